The predicted octanol–water partition coefficient (Wildman–Crippen LogP) is 2.22. The van der Waals surface area contributed by atoms with Crippen molar-refractivity contribution in [1.29, 1.82) is 0 Å². The molecular weight excluding hydrogens is 258 g/mol. The number of carbonyl (C=O) groups is 2. The fourth-order valence-corrected chi connectivity index (χ4v) is 2.02. The van der Waals surface area contributed by atoms with Gasteiger partial charge in [-0.1, -0.05) is 30.3 Å². The Bertz CT molecular complexity index is 399. The molecule has 20 heavy (non-hydrogen) atoms. The minimum absolute atomic E-state index is 0.143. The maximum Gasteiger partial charge on any atom is 0.303 e. The second-order valence-electron chi connectivity index (χ2n) is 4.76. The van der Waals surface area contributed by atoms with Gasteiger partial charge in [-0.15, -0.1) is 0 Å². The average Bonchev–Trinajstić information content (AvgIpc) is 2.38. The van der Waals surface area contributed by atoms with Crippen LogP contribution in [-0.4, -0.2) is 40.1 Å². The lowest BCUT2D eigenvalue weighted by atomic mass is 10.2. The van der Waals surface area contributed by atoms with Gasteiger partial charge in [-0.05, 0) is 31.5 Å². The molecule has 5 nitrogen and oxygen atoms in total. The Morgan fingerprint density at radius 2 is 1.40 bits per heavy atom. The summed E-state index contributed by atoms with van der Waals surface area (Å²) in [6.45, 7) is 2.06. The van der Waals surface area contributed by atoms with Gasteiger partial charge in [0.15, 0.2) is 0 Å². The van der Waals surface area contributed by atoms with E-state index in [9.17, 15) is 9.59 Å². The molecule has 0 fully saturated rings. The van der Waals surface area contributed by atoms with Crippen molar-refractivity contribution in [3.05, 3.63) is 35.9 Å². The lowest BCUT2D eigenvalue weighted by Gasteiger charge is -2.21. The maximum absolute atomic E-state index is 10.5. The smallest absolute Gasteiger partial charge is 0.303 e. The lowest BCUT2D eigenvalue weighted by molar-refractivity contribution is -0.138. The summed E-state index contributed by atoms with van der Waals surface area (Å²) in [6, 6.07) is 9.90. The van der Waals surface area contributed by atoms with Crippen LogP contribution in [0.15, 0.2) is 30.3 Å². The van der Waals surface area contributed by atoms with E-state index in [1.807, 2.05) is 30.3 Å². The molecule has 0 amide bonds. The maximum atomic E-state index is 10.5. The van der Waals surface area contributed by atoms with E-state index in [4.69, 9.17) is 10.2 Å². The quantitative estimate of drug-likeness (QED) is 0.686. The van der Waals surface area contributed by atoms with Crippen molar-refractivity contribution in [1.82, 2.24) is 4.90 Å². The number of carboxylic acid groups (broad SMARTS) is 2. The summed E-state index contributed by atoms with van der Waals surface area (Å²) in [6.07, 6.45) is 1.44. The van der Waals surface area contributed by atoms with Crippen LogP contribution in [0.2, 0.25) is 0 Å². The van der Waals surface area contributed by atoms with Gasteiger partial charge in [0, 0.05) is 19.4 Å². The minimum atomic E-state index is -0.796. The first kappa shape index (κ1) is 16.2. The summed E-state index contributed by atoms with van der Waals surface area (Å²) in [4.78, 5) is 23.2. The molecule has 0 unspecified atom stereocenters. The van der Waals surface area contributed by atoms with Crippen LogP contribution in [-0.2, 0) is 16.1 Å². The topological polar surface area (TPSA) is 77.8 Å². The molecule has 0 saturated heterocycles. The zero-order valence-corrected chi connectivity index (χ0v) is 11.5. The van der Waals surface area contributed by atoms with Crippen molar-refractivity contribution in [3.8, 4) is 0 Å². The molecule has 0 radical (unpaired) electrons. The summed E-state index contributed by atoms with van der Waals surface area (Å²) >= 11 is 0. The van der Waals surface area contributed by atoms with Crippen LogP contribution in [0.3, 0.4) is 0 Å². The van der Waals surface area contributed by atoms with Gasteiger partial charge in [0.2, 0.25) is 0 Å². The van der Waals surface area contributed by atoms with Crippen LogP contribution in [0.5, 0.6) is 0 Å². The molecule has 2 N–H and O–H groups in total. The third-order valence-corrected chi connectivity index (χ3v) is 2.98. The largest absolute Gasteiger partial charge is 0.481 e. The van der Waals surface area contributed by atoms with Crippen LogP contribution < -0.4 is 0 Å². The molecule has 0 spiro atoms. The molecule has 5 heteroatoms. The van der Waals surface area contributed by atoms with Crippen molar-refractivity contribution >= 4 is 11.9 Å². The summed E-state index contributed by atoms with van der Waals surface area (Å²) < 4.78 is 0. The van der Waals surface area contributed by atoms with Crippen LogP contribution in [0.1, 0.15) is 31.2 Å². The van der Waals surface area contributed by atoms with Crippen molar-refractivity contribution in [2.45, 2.75) is 32.2 Å². The Morgan fingerprint density at radius 1 is 0.900 bits per heavy atom. The van der Waals surface area contributed by atoms with E-state index < -0.39 is 11.9 Å². The first-order valence-electron chi connectivity index (χ1n) is 6.78. The molecule has 1 aromatic rings. The Labute approximate surface area is 118 Å². The van der Waals surface area contributed by atoms with Crippen molar-refractivity contribution in [2.24, 2.45) is 0 Å². The summed E-state index contributed by atoms with van der Waals surface area (Å²) in [5.74, 6) is -1.59. The normalized spacial score (nSPS) is 10.7. The number of rotatable bonds is 10. The van der Waals surface area contributed by atoms with Gasteiger partial charge in [-0.2, -0.15) is 0 Å². The number of benzene rings is 1. The van der Waals surface area contributed by atoms with Gasteiger partial charge in [0.05, 0.1) is 0 Å². The van der Waals surface area contributed by atoms with Crippen molar-refractivity contribution in [3.63, 3.8) is 0 Å². The lowest BCUT2D eigenvalue weighted by Crippen LogP contribution is -2.26. The van der Waals surface area contributed by atoms with Gasteiger partial charge in [0.1, 0.15) is 0 Å². The van der Waals surface area contributed by atoms with Crippen LogP contribution in [0.4, 0.5) is 0 Å². The third-order valence-electron chi connectivity index (χ3n) is 2.98. The van der Waals surface area contributed by atoms with Gasteiger partial charge in [0.25, 0.3) is 0 Å². The second kappa shape index (κ2) is 9.09. The van der Waals surface area contributed by atoms with E-state index in [1.165, 1.54) is 0 Å². The highest BCUT2D eigenvalue weighted by Crippen LogP contribution is 2.07. The summed E-state index contributed by atoms with van der Waals surface area (Å²) in [7, 11) is 0. The second-order valence-corrected chi connectivity index (χ2v) is 4.76. The molecule has 0 aliphatic carbocycles. The molecule has 0 aliphatic rings. The van der Waals surface area contributed by atoms with Crippen LogP contribution >= 0.6 is 0 Å². The molecule has 0 aromatic heterocycles. The molecular formula is C15H21NO4. The first-order valence-corrected chi connectivity index (χ1v) is 6.78. The van der Waals surface area contributed by atoms with E-state index >= 15 is 0 Å². The Kier molecular flexibility index (Phi) is 7.35. The van der Waals surface area contributed by atoms with E-state index in [0.29, 0.717) is 25.9 Å². The number of carboxylic acids is 2. The highest BCUT2D eigenvalue weighted by Gasteiger charge is 2.08. The highest BCUT2D eigenvalue weighted by molar-refractivity contribution is 5.66. The Balaban J connectivity index is 2.45. The van der Waals surface area contributed by atoms with E-state index in [2.05, 4.69) is 4.90 Å². The molecule has 110 valence electrons. The van der Waals surface area contributed by atoms with Gasteiger partial charge in [-0.3, -0.25) is 14.5 Å². The number of hydrogen-bond donors (Lipinski definition) is 2. The molecule has 1 rings (SSSR count). The zero-order chi connectivity index (χ0) is 14.8. The monoisotopic (exact) mass is 279 g/mol. The number of hydrogen-bond acceptors (Lipinski definition) is 3. The predicted molar refractivity (Wildman–Crippen MR) is 75.5 cm³/mol. The summed E-state index contributed by atoms with van der Waals surface area (Å²) in [5.41, 5.74) is 1.15. The SMILES string of the molecule is O=C(O)CCCN(CCCC(=O)O)Cc1ccccc1. The van der Waals surface area contributed by atoms with Gasteiger partial charge >= 0.3 is 11.9 Å². The van der Waals surface area contributed by atoms with Crippen LogP contribution in [0, 0.1) is 0 Å². The average molecular weight is 279 g/mol. The van der Waals surface area contributed by atoms with E-state index in [0.717, 1.165) is 12.1 Å². The number of aliphatic carboxylic acids is 2. The minimum Gasteiger partial charge on any atom is -0.481 e. The molecule has 0 aliphatic heterocycles. The van der Waals surface area contributed by atoms with Crippen molar-refractivity contribution in [2.75, 3.05) is 13.1 Å². The van der Waals surface area contributed by atoms with E-state index in [-0.39, 0.29) is 12.8 Å². The molecule has 0 bridgehead atoms. The van der Waals surface area contributed by atoms with Crippen molar-refractivity contribution < 1.29 is 19.8 Å². The fourth-order valence-electron chi connectivity index (χ4n) is 2.02. The first-order chi connectivity index (χ1) is 9.58. The Morgan fingerprint density at radius 3 is 1.85 bits per heavy atom. The standard InChI is InChI=1S/C15H21NO4/c17-14(18)8-4-10-16(11-5-9-15(19)20)12-13-6-2-1-3-7-13/h1-3,6-7H,4-5,8-12H2,(H,17,18)(H,19,20). The third kappa shape index (κ3) is 7.53. The molecule has 0 saturated carbocycles. The Hall–Kier alpha value is -1.88. The molecule has 1 aromatic carbocycles. The van der Waals surface area contributed by atoms with Crippen LogP contribution in [0.25, 0.3) is 0 Å². The highest BCUT2D eigenvalue weighted by atomic mass is 16.4. The van der Waals surface area contributed by atoms with Gasteiger partial charge < -0.3 is 10.2 Å². The zero-order valence-electron chi connectivity index (χ0n) is 11.5. The summed E-state index contributed by atoms with van der Waals surface area (Å²) in [5, 5.41) is 17.3. The number of nitrogens with zero attached hydrogens (tertiary/aromatic N) is 1. The van der Waals surface area contributed by atoms with Gasteiger partial charge in [-0.25, -0.2) is 0 Å². The molecule has 0 atom stereocenters. The van der Waals surface area contributed by atoms with E-state index in [1.54, 1.807) is 0 Å². The fraction of sp³-hybridized carbons (Fsp3) is 0.467. The molecule has 0 heterocycles.